The molecule has 0 aliphatic carbocycles. The predicted octanol–water partition coefficient (Wildman–Crippen LogP) is 0.728. The Bertz CT molecular complexity index is 534. The van der Waals surface area contributed by atoms with Crippen molar-refractivity contribution in [2.75, 3.05) is 17.2 Å². The maximum Gasteiger partial charge on any atom is 0.279 e. The van der Waals surface area contributed by atoms with Crippen LogP contribution in [0.2, 0.25) is 0 Å². The van der Waals surface area contributed by atoms with Crippen molar-refractivity contribution in [2.24, 2.45) is 5.73 Å². The van der Waals surface area contributed by atoms with Gasteiger partial charge in [-0.05, 0) is 18.1 Å². The lowest BCUT2D eigenvalue weighted by Crippen LogP contribution is -2.52. The molecule has 3 rings (SSSR count). The fraction of sp³-hybridized carbons (Fsp3) is 0.385. The summed E-state index contributed by atoms with van der Waals surface area (Å²) >= 11 is 1.15. The van der Waals surface area contributed by atoms with Gasteiger partial charge in [-0.1, -0.05) is 30.0 Å². The molecular weight excluding hydrogens is 262 g/mol. The number of benzene rings is 1. The first kappa shape index (κ1) is 12.5. The number of nitrogens with zero attached hydrogens (tertiary/aromatic N) is 1. The number of rotatable bonds is 1. The molecule has 3 N–H and O–H groups in total. The number of amides is 2. The highest BCUT2D eigenvalue weighted by Gasteiger charge is 2.35. The number of para-hydroxylation sites is 1. The third-order valence-corrected chi connectivity index (χ3v) is 4.30. The lowest BCUT2D eigenvalue weighted by atomic mass is 9.98. The van der Waals surface area contributed by atoms with Crippen LogP contribution in [0.3, 0.4) is 0 Å². The number of hydrogen-bond acceptors (Lipinski definition) is 4. The lowest BCUT2D eigenvalue weighted by Gasteiger charge is -2.34. The van der Waals surface area contributed by atoms with Crippen molar-refractivity contribution in [3.8, 4) is 0 Å². The summed E-state index contributed by atoms with van der Waals surface area (Å²) in [6, 6.07) is 7.31. The second kappa shape index (κ2) is 4.86. The minimum atomic E-state index is -0.434. The third kappa shape index (κ3) is 2.33. The molecule has 0 aromatic heterocycles. The van der Waals surface area contributed by atoms with Crippen LogP contribution in [0.5, 0.6) is 0 Å². The fourth-order valence-electron chi connectivity index (χ4n) is 2.54. The molecule has 2 unspecified atom stereocenters. The predicted molar refractivity (Wildman–Crippen MR) is 75.3 cm³/mol. The largest absolute Gasteiger partial charge is 0.334 e. The van der Waals surface area contributed by atoms with E-state index in [2.05, 4.69) is 5.32 Å². The Kier molecular flexibility index (Phi) is 3.20. The van der Waals surface area contributed by atoms with Gasteiger partial charge in [-0.25, -0.2) is 0 Å². The Labute approximate surface area is 115 Å². The highest BCUT2D eigenvalue weighted by molar-refractivity contribution is 8.14. The van der Waals surface area contributed by atoms with E-state index in [0.29, 0.717) is 12.3 Å². The lowest BCUT2D eigenvalue weighted by molar-refractivity contribution is -0.119. The van der Waals surface area contributed by atoms with Crippen LogP contribution < -0.4 is 16.0 Å². The van der Waals surface area contributed by atoms with E-state index in [1.54, 1.807) is 4.90 Å². The topological polar surface area (TPSA) is 75.4 Å². The molecule has 5 nitrogen and oxygen atoms in total. The van der Waals surface area contributed by atoms with Crippen molar-refractivity contribution in [1.29, 1.82) is 0 Å². The Morgan fingerprint density at radius 2 is 2.21 bits per heavy atom. The molecule has 1 fully saturated rings. The van der Waals surface area contributed by atoms with E-state index in [1.807, 2.05) is 24.3 Å². The molecule has 2 heterocycles. The van der Waals surface area contributed by atoms with Gasteiger partial charge in [0.1, 0.15) is 6.04 Å². The molecule has 2 aliphatic heterocycles. The molecule has 1 aromatic carbocycles. The summed E-state index contributed by atoms with van der Waals surface area (Å²) in [5.41, 5.74) is 8.02. The van der Waals surface area contributed by atoms with Crippen LogP contribution in [0.1, 0.15) is 5.56 Å². The van der Waals surface area contributed by atoms with Crippen molar-refractivity contribution in [2.45, 2.75) is 18.5 Å². The van der Waals surface area contributed by atoms with Gasteiger partial charge in [-0.2, -0.15) is 0 Å². The summed E-state index contributed by atoms with van der Waals surface area (Å²) < 4.78 is 0. The first-order valence-corrected chi connectivity index (χ1v) is 7.22. The fourth-order valence-corrected chi connectivity index (χ4v) is 3.31. The van der Waals surface area contributed by atoms with Gasteiger partial charge in [0.2, 0.25) is 0 Å². The first-order valence-electron chi connectivity index (χ1n) is 6.23. The van der Waals surface area contributed by atoms with Crippen molar-refractivity contribution < 1.29 is 9.59 Å². The molecule has 1 aromatic rings. The molecular formula is C13H15N3O2S. The molecule has 0 spiro atoms. The zero-order valence-electron chi connectivity index (χ0n) is 10.3. The standard InChI is InChI=1S/C13H15N3O2S/c14-9-5-8-3-1-2-4-11(8)16(6-9)12(17)10-7-19-13(18)15-10/h1-4,9-10H,5-7,14H2,(H,15,18). The summed E-state index contributed by atoms with van der Waals surface area (Å²) in [7, 11) is 0. The molecule has 2 atom stereocenters. The maximum atomic E-state index is 12.5. The molecule has 19 heavy (non-hydrogen) atoms. The van der Waals surface area contributed by atoms with E-state index in [9.17, 15) is 9.59 Å². The van der Waals surface area contributed by atoms with Gasteiger partial charge in [0, 0.05) is 24.0 Å². The van der Waals surface area contributed by atoms with E-state index < -0.39 is 6.04 Å². The van der Waals surface area contributed by atoms with Gasteiger partial charge >= 0.3 is 0 Å². The Hall–Kier alpha value is -1.53. The highest BCUT2D eigenvalue weighted by atomic mass is 32.2. The molecule has 100 valence electrons. The average molecular weight is 277 g/mol. The van der Waals surface area contributed by atoms with Gasteiger partial charge in [-0.15, -0.1) is 0 Å². The van der Waals surface area contributed by atoms with Gasteiger partial charge < -0.3 is 16.0 Å². The highest BCUT2D eigenvalue weighted by Crippen LogP contribution is 2.28. The van der Waals surface area contributed by atoms with Gasteiger partial charge in [-0.3, -0.25) is 9.59 Å². The second-order valence-corrected chi connectivity index (χ2v) is 5.83. The summed E-state index contributed by atoms with van der Waals surface area (Å²) in [5, 5.41) is 2.56. The monoisotopic (exact) mass is 277 g/mol. The molecule has 2 amide bonds. The van der Waals surface area contributed by atoms with Crippen LogP contribution in [0, 0.1) is 0 Å². The Morgan fingerprint density at radius 1 is 1.42 bits per heavy atom. The molecule has 1 saturated heterocycles. The molecule has 6 heteroatoms. The summed E-state index contributed by atoms with van der Waals surface area (Å²) in [6.07, 6.45) is 0.783. The number of fused-ring (bicyclic) bond motifs is 1. The number of nitrogens with one attached hydrogen (secondary N) is 1. The molecule has 0 radical (unpaired) electrons. The number of nitrogens with two attached hydrogens (primary N) is 1. The van der Waals surface area contributed by atoms with Crippen LogP contribution >= 0.6 is 11.8 Å². The first-order chi connectivity index (χ1) is 9.15. The Balaban J connectivity index is 1.88. The number of hydrogen-bond donors (Lipinski definition) is 2. The summed E-state index contributed by atoms with van der Waals surface area (Å²) in [6.45, 7) is 0.507. The Morgan fingerprint density at radius 3 is 2.95 bits per heavy atom. The molecule has 0 bridgehead atoms. The SMILES string of the molecule is NC1Cc2ccccc2N(C(=O)C2CSC(=O)N2)C1. The molecule has 0 saturated carbocycles. The van der Waals surface area contributed by atoms with Crippen LogP contribution in [0.25, 0.3) is 0 Å². The zero-order chi connectivity index (χ0) is 13.4. The minimum absolute atomic E-state index is 0.0522. The number of anilines is 1. The number of thioether (sulfide) groups is 1. The van der Waals surface area contributed by atoms with E-state index >= 15 is 0 Å². The van der Waals surface area contributed by atoms with Crippen LogP contribution in [0.15, 0.2) is 24.3 Å². The maximum absolute atomic E-state index is 12.5. The summed E-state index contributed by atoms with van der Waals surface area (Å²) in [4.78, 5) is 25.4. The van der Waals surface area contributed by atoms with E-state index in [0.717, 1.165) is 29.4 Å². The van der Waals surface area contributed by atoms with Crippen molar-refractivity contribution in [3.05, 3.63) is 29.8 Å². The van der Waals surface area contributed by atoms with Crippen molar-refractivity contribution in [1.82, 2.24) is 5.32 Å². The second-order valence-electron chi connectivity index (χ2n) is 4.84. The van der Waals surface area contributed by atoms with Crippen LogP contribution in [-0.2, 0) is 11.2 Å². The van der Waals surface area contributed by atoms with Gasteiger partial charge in [0.25, 0.3) is 11.1 Å². The molecule has 2 aliphatic rings. The third-order valence-electron chi connectivity index (χ3n) is 3.42. The van der Waals surface area contributed by atoms with Gasteiger partial charge in [0.05, 0.1) is 0 Å². The van der Waals surface area contributed by atoms with Crippen molar-refractivity contribution in [3.63, 3.8) is 0 Å². The van der Waals surface area contributed by atoms with Crippen LogP contribution in [-0.4, -0.2) is 35.5 Å². The normalized spacial score (nSPS) is 25.9. The van der Waals surface area contributed by atoms with Crippen molar-refractivity contribution >= 4 is 28.6 Å². The van der Waals surface area contributed by atoms with E-state index in [-0.39, 0.29) is 17.2 Å². The van der Waals surface area contributed by atoms with E-state index in [4.69, 9.17) is 5.73 Å². The van der Waals surface area contributed by atoms with E-state index in [1.165, 1.54) is 0 Å². The number of carbonyl (C=O) groups is 2. The van der Waals surface area contributed by atoms with Crippen LogP contribution in [0.4, 0.5) is 10.5 Å². The van der Waals surface area contributed by atoms with Gasteiger partial charge in [0.15, 0.2) is 0 Å². The smallest absolute Gasteiger partial charge is 0.279 e. The quantitative estimate of drug-likeness (QED) is 0.793. The number of carbonyl (C=O) groups excluding carboxylic acids is 2. The average Bonchev–Trinajstić information content (AvgIpc) is 2.83. The summed E-state index contributed by atoms with van der Waals surface area (Å²) in [5.74, 6) is 0.423. The zero-order valence-corrected chi connectivity index (χ0v) is 11.2. The minimum Gasteiger partial charge on any atom is -0.334 e.